The van der Waals surface area contributed by atoms with Crippen LogP contribution in [0.3, 0.4) is 0 Å². The summed E-state index contributed by atoms with van der Waals surface area (Å²) in [7, 11) is -3.76. The van der Waals surface area contributed by atoms with Crippen molar-refractivity contribution < 1.29 is 13.2 Å². The van der Waals surface area contributed by atoms with Crippen molar-refractivity contribution in [3.8, 4) is 0 Å². The molecule has 4 aromatic rings. The molecule has 0 radical (unpaired) electrons. The summed E-state index contributed by atoms with van der Waals surface area (Å²) in [6.45, 7) is 0.486. The third-order valence-electron chi connectivity index (χ3n) is 5.45. The number of nitrogens with zero attached hydrogens (tertiary/aromatic N) is 4. The molecule has 3 aromatic heterocycles. The second kappa shape index (κ2) is 9.11. The molecule has 1 amide bonds. The number of aromatic nitrogens is 2. The number of hydrogen-bond acceptors (Lipinski definition) is 7. The molecule has 1 aromatic carbocycles. The normalized spacial score (nSPS) is 16.9. The Bertz CT molecular complexity index is 1390. The lowest BCUT2D eigenvalue weighted by atomic mass is 10.2. The van der Waals surface area contributed by atoms with Crippen LogP contribution in [0, 0.1) is 0 Å². The summed E-state index contributed by atoms with van der Waals surface area (Å²) in [6, 6.07) is 13.4. The fraction of sp³-hybridized carbons (Fsp3) is 0.227. The summed E-state index contributed by atoms with van der Waals surface area (Å²) in [6.07, 6.45) is 2.73. The van der Waals surface area contributed by atoms with Crippen LogP contribution in [0.15, 0.2) is 64.3 Å². The summed E-state index contributed by atoms with van der Waals surface area (Å²) >= 11 is 8.83. The van der Waals surface area contributed by atoms with Gasteiger partial charge in [0.05, 0.1) is 22.0 Å². The SMILES string of the molecule is O=C([C@@H]1CCCN1S(=O)(=O)c1cccs1)N(Cc1ccccn1)c1nc2c(Cl)cccc2s1. The fourth-order valence-corrected chi connectivity index (χ4v) is 7.93. The van der Waals surface area contributed by atoms with Gasteiger partial charge in [-0.05, 0) is 48.6 Å². The van der Waals surface area contributed by atoms with E-state index in [1.54, 1.807) is 35.8 Å². The maximum absolute atomic E-state index is 13.9. The van der Waals surface area contributed by atoms with Crippen LogP contribution >= 0.6 is 34.3 Å². The molecule has 1 aliphatic heterocycles. The van der Waals surface area contributed by atoms with Crippen LogP contribution < -0.4 is 4.90 Å². The molecule has 4 heterocycles. The first-order chi connectivity index (χ1) is 15.9. The van der Waals surface area contributed by atoms with Crippen molar-refractivity contribution in [2.24, 2.45) is 0 Å². The van der Waals surface area contributed by atoms with Gasteiger partial charge >= 0.3 is 0 Å². The van der Waals surface area contributed by atoms with Gasteiger partial charge in [0.1, 0.15) is 15.8 Å². The topological polar surface area (TPSA) is 83.5 Å². The lowest BCUT2D eigenvalue weighted by Crippen LogP contribution is -2.47. The first kappa shape index (κ1) is 22.4. The fourth-order valence-electron chi connectivity index (χ4n) is 3.89. The highest BCUT2D eigenvalue weighted by Crippen LogP contribution is 2.36. The van der Waals surface area contributed by atoms with Crippen LogP contribution in [0.1, 0.15) is 18.5 Å². The zero-order chi connectivity index (χ0) is 23.0. The number of carbonyl (C=O) groups excluding carboxylic acids is 1. The Balaban J connectivity index is 1.54. The molecule has 1 atom stereocenters. The van der Waals surface area contributed by atoms with Crippen molar-refractivity contribution in [1.82, 2.24) is 14.3 Å². The van der Waals surface area contributed by atoms with E-state index in [0.29, 0.717) is 40.8 Å². The number of rotatable bonds is 6. The zero-order valence-electron chi connectivity index (χ0n) is 17.3. The van der Waals surface area contributed by atoms with Crippen molar-refractivity contribution in [3.05, 3.63) is 70.8 Å². The highest BCUT2D eigenvalue weighted by Gasteiger charge is 2.42. The third kappa shape index (κ3) is 4.29. The van der Waals surface area contributed by atoms with Crippen LogP contribution in [0.4, 0.5) is 5.13 Å². The minimum atomic E-state index is -3.76. The maximum Gasteiger partial charge on any atom is 0.253 e. The Kier molecular flexibility index (Phi) is 6.19. The predicted molar refractivity (Wildman–Crippen MR) is 131 cm³/mol. The van der Waals surface area contributed by atoms with Gasteiger partial charge in [-0.1, -0.05) is 41.1 Å². The van der Waals surface area contributed by atoms with E-state index in [-0.39, 0.29) is 16.7 Å². The van der Waals surface area contributed by atoms with Crippen molar-refractivity contribution in [1.29, 1.82) is 0 Å². The van der Waals surface area contributed by atoms with E-state index < -0.39 is 16.1 Å². The average molecular weight is 519 g/mol. The van der Waals surface area contributed by atoms with E-state index in [0.717, 1.165) is 16.0 Å². The van der Waals surface area contributed by atoms with E-state index in [2.05, 4.69) is 9.97 Å². The van der Waals surface area contributed by atoms with Crippen LogP contribution in [0.5, 0.6) is 0 Å². The molecule has 1 fully saturated rings. The van der Waals surface area contributed by atoms with Gasteiger partial charge in [-0.25, -0.2) is 13.4 Å². The lowest BCUT2D eigenvalue weighted by Gasteiger charge is -2.28. The number of sulfonamides is 1. The van der Waals surface area contributed by atoms with Gasteiger partial charge in [0, 0.05) is 12.7 Å². The second-order valence-corrected chi connectivity index (χ2v) is 12.0. The Morgan fingerprint density at radius 3 is 2.79 bits per heavy atom. The average Bonchev–Trinajstić information content (AvgIpc) is 3.58. The van der Waals surface area contributed by atoms with E-state index >= 15 is 0 Å². The van der Waals surface area contributed by atoms with E-state index in [9.17, 15) is 13.2 Å². The molecule has 0 unspecified atom stereocenters. The van der Waals surface area contributed by atoms with Gasteiger partial charge in [-0.2, -0.15) is 4.31 Å². The molecule has 170 valence electrons. The van der Waals surface area contributed by atoms with Crippen molar-refractivity contribution in [2.45, 2.75) is 29.6 Å². The molecule has 0 saturated carbocycles. The molecule has 0 N–H and O–H groups in total. The summed E-state index contributed by atoms with van der Waals surface area (Å²) < 4.78 is 28.9. The summed E-state index contributed by atoms with van der Waals surface area (Å²) in [5.41, 5.74) is 1.30. The Labute approximate surface area is 204 Å². The van der Waals surface area contributed by atoms with Gasteiger partial charge in [0.15, 0.2) is 5.13 Å². The van der Waals surface area contributed by atoms with Gasteiger partial charge in [0.2, 0.25) is 5.91 Å². The van der Waals surface area contributed by atoms with E-state index in [1.807, 2.05) is 24.3 Å². The molecule has 0 aliphatic carbocycles. The smallest absolute Gasteiger partial charge is 0.253 e. The molecule has 7 nitrogen and oxygen atoms in total. The Morgan fingerprint density at radius 2 is 2.06 bits per heavy atom. The minimum Gasteiger partial charge on any atom is -0.281 e. The molecule has 0 spiro atoms. The number of thiophene rings is 1. The molecular weight excluding hydrogens is 500 g/mol. The third-order valence-corrected chi connectivity index (χ3v) is 10.1. The zero-order valence-corrected chi connectivity index (χ0v) is 20.5. The molecule has 5 rings (SSSR count). The number of halogens is 1. The van der Waals surface area contributed by atoms with Crippen LogP contribution in [0.25, 0.3) is 10.2 Å². The van der Waals surface area contributed by atoms with Gasteiger partial charge in [0.25, 0.3) is 10.0 Å². The first-order valence-electron chi connectivity index (χ1n) is 10.3. The number of pyridine rings is 1. The van der Waals surface area contributed by atoms with E-state index in [4.69, 9.17) is 11.6 Å². The van der Waals surface area contributed by atoms with Crippen molar-refractivity contribution in [2.75, 3.05) is 11.4 Å². The molecule has 0 bridgehead atoms. The molecule has 33 heavy (non-hydrogen) atoms. The van der Waals surface area contributed by atoms with Crippen LogP contribution in [0.2, 0.25) is 5.02 Å². The van der Waals surface area contributed by atoms with E-state index in [1.165, 1.54) is 20.5 Å². The summed E-state index contributed by atoms with van der Waals surface area (Å²) in [5, 5.41) is 2.69. The monoisotopic (exact) mass is 518 g/mol. The largest absolute Gasteiger partial charge is 0.281 e. The number of anilines is 1. The molecule has 11 heteroatoms. The molecule has 1 aliphatic rings. The first-order valence-corrected chi connectivity index (χ1v) is 13.8. The lowest BCUT2D eigenvalue weighted by molar-refractivity contribution is -0.121. The number of para-hydroxylation sites is 1. The number of thiazole rings is 1. The highest BCUT2D eigenvalue weighted by molar-refractivity contribution is 7.91. The maximum atomic E-state index is 13.9. The number of amides is 1. The molecule has 1 saturated heterocycles. The highest BCUT2D eigenvalue weighted by atomic mass is 35.5. The van der Waals surface area contributed by atoms with Crippen LogP contribution in [-0.2, 0) is 21.4 Å². The number of hydrogen-bond donors (Lipinski definition) is 0. The minimum absolute atomic E-state index is 0.181. The number of carbonyl (C=O) groups is 1. The quantitative estimate of drug-likeness (QED) is 0.366. The Hall–Kier alpha value is -2.37. The van der Waals surface area contributed by atoms with Gasteiger partial charge in [-0.15, -0.1) is 11.3 Å². The predicted octanol–water partition coefficient (Wildman–Crippen LogP) is 4.79. The summed E-state index contributed by atoms with van der Waals surface area (Å²) in [4.78, 5) is 24.4. The van der Waals surface area contributed by atoms with Crippen molar-refractivity contribution >= 4 is 65.6 Å². The second-order valence-electron chi connectivity index (χ2n) is 7.53. The van der Waals surface area contributed by atoms with Crippen molar-refractivity contribution in [3.63, 3.8) is 0 Å². The standard InChI is InChI=1S/C22H19ClN4O3S3/c23-16-7-3-9-18-20(16)25-22(32-18)26(14-15-6-1-2-11-24-15)21(28)17-8-4-12-27(17)33(29,30)19-10-5-13-31-19/h1-3,5-7,9-11,13,17H,4,8,12,14H2/t17-/m0/s1. The number of fused-ring (bicyclic) bond motifs is 1. The van der Waals surface area contributed by atoms with Gasteiger partial charge < -0.3 is 0 Å². The van der Waals surface area contributed by atoms with Crippen LogP contribution in [-0.4, -0.2) is 41.2 Å². The van der Waals surface area contributed by atoms with Gasteiger partial charge in [-0.3, -0.25) is 14.7 Å². The number of benzene rings is 1. The summed E-state index contributed by atoms with van der Waals surface area (Å²) in [5.74, 6) is -0.312. The Morgan fingerprint density at radius 1 is 1.18 bits per heavy atom. The molecular formula is C22H19ClN4O3S3.